The van der Waals surface area contributed by atoms with Crippen LogP contribution in [0.1, 0.15) is 65.2 Å². The average molecular weight is 419 g/mol. The first-order chi connectivity index (χ1) is 14.3. The fourth-order valence-corrected chi connectivity index (χ4v) is 4.84. The Labute approximate surface area is 176 Å². The molecule has 0 amide bonds. The largest absolute Gasteiger partial charge is 0.466 e. The van der Waals surface area contributed by atoms with Crippen LogP contribution in [0.4, 0.5) is 0 Å². The molecule has 0 aromatic heterocycles. The Bertz CT molecular complexity index is 757. The first-order valence-electron chi connectivity index (χ1n) is 10.8. The van der Waals surface area contributed by atoms with E-state index in [9.17, 15) is 24.4 Å². The number of Topliss-reactive ketones (excluding diaryl/α,β-unsaturated/α-hetero) is 1. The monoisotopic (exact) mass is 419 g/mol. The van der Waals surface area contributed by atoms with Crippen LogP contribution in [0.15, 0.2) is 0 Å². The summed E-state index contributed by atoms with van der Waals surface area (Å²) >= 11 is 0. The number of hydrogen-bond donors (Lipinski definition) is 0. The molecule has 0 aromatic carbocycles. The molecule has 3 rings (SSSR count). The minimum absolute atomic E-state index is 0.0554. The normalized spacial score (nSPS) is 31.7. The van der Waals surface area contributed by atoms with E-state index in [0.717, 1.165) is 6.42 Å². The van der Waals surface area contributed by atoms with Gasteiger partial charge in [-0.1, -0.05) is 13.8 Å². The molecule has 2 bridgehead atoms. The second-order valence-corrected chi connectivity index (χ2v) is 8.67. The standard InChI is InChI=1S/C22H29NO7/c1-3-13(2)16(24)6-4-5-9-28-17(25)7-8-18(26)29-19-14-10-15-20(19)30-21(27)22(15,11-14)12-23/h13-15,19-20H,3-11H2,1-2H3. The van der Waals surface area contributed by atoms with Crippen molar-refractivity contribution in [3.63, 3.8) is 0 Å². The van der Waals surface area contributed by atoms with Gasteiger partial charge in [0.1, 0.15) is 18.0 Å². The Kier molecular flexibility index (Phi) is 6.79. The third-order valence-electron chi connectivity index (χ3n) is 6.81. The number of ketones is 1. The lowest BCUT2D eigenvalue weighted by Crippen LogP contribution is -2.39. The van der Waals surface area contributed by atoms with Crippen molar-refractivity contribution in [3.05, 3.63) is 0 Å². The summed E-state index contributed by atoms with van der Waals surface area (Å²) in [6, 6.07) is 2.11. The van der Waals surface area contributed by atoms with Crippen molar-refractivity contribution < 1.29 is 33.4 Å². The van der Waals surface area contributed by atoms with Gasteiger partial charge in [0.05, 0.1) is 25.5 Å². The van der Waals surface area contributed by atoms with Gasteiger partial charge in [0.25, 0.3) is 0 Å². The summed E-state index contributed by atoms with van der Waals surface area (Å²) in [5.41, 5.74) is -1.07. The lowest BCUT2D eigenvalue weighted by molar-refractivity contribution is -0.163. The van der Waals surface area contributed by atoms with Crippen molar-refractivity contribution in [3.8, 4) is 6.07 Å². The summed E-state index contributed by atoms with van der Waals surface area (Å²) in [6.07, 6.45) is 2.33. The van der Waals surface area contributed by atoms with Crippen molar-refractivity contribution in [2.75, 3.05) is 6.61 Å². The van der Waals surface area contributed by atoms with E-state index in [1.807, 2.05) is 13.8 Å². The summed E-state index contributed by atoms with van der Waals surface area (Å²) in [4.78, 5) is 47.8. The predicted molar refractivity (Wildman–Crippen MR) is 103 cm³/mol. The van der Waals surface area contributed by atoms with Gasteiger partial charge in [-0.15, -0.1) is 0 Å². The van der Waals surface area contributed by atoms with E-state index >= 15 is 0 Å². The fraction of sp³-hybridized carbons (Fsp3) is 0.773. The molecule has 0 spiro atoms. The SMILES string of the molecule is CCC(C)C(=O)CCCCOC(=O)CCC(=O)OC1C2CC3C1OC(=O)C3(C#N)C2. The van der Waals surface area contributed by atoms with Crippen LogP contribution in [-0.4, -0.2) is 42.5 Å². The Balaban J connectivity index is 1.32. The Morgan fingerprint density at radius 1 is 1.23 bits per heavy atom. The van der Waals surface area contributed by atoms with Crippen LogP contribution in [0.25, 0.3) is 0 Å². The maximum Gasteiger partial charge on any atom is 0.327 e. The van der Waals surface area contributed by atoms with Crippen molar-refractivity contribution in [1.29, 1.82) is 5.26 Å². The summed E-state index contributed by atoms with van der Waals surface area (Å²) in [5, 5.41) is 9.39. The van der Waals surface area contributed by atoms with Crippen LogP contribution >= 0.6 is 0 Å². The fourth-order valence-electron chi connectivity index (χ4n) is 4.84. The minimum atomic E-state index is -1.07. The molecule has 6 atom stereocenters. The molecule has 6 unspecified atom stereocenters. The van der Waals surface area contributed by atoms with E-state index in [2.05, 4.69) is 6.07 Å². The molecule has 0 radical (unpaired) electrons. The maximum atomic E-state index is 12.2. The van der Waals surface area contributed by atoms with Gasteiger partial charge in [-0.05, 0) is 32.1 Å². The van der Waals surface area contributed by atoms with E-state index < -0.39 is 35.5 Å². The highest BCUT2D eigenvalue weighted by Gasteiger charge is 2.72. The lowest BCUT2D eigenvalue weighted by Gasteiger charge is -2.27. The van der Waals surface area contributed by atoms with Crippen LogP contribution in [0.2, 0.25) is 0 Å². The van der Waals surface area contributed by atoms with Gasteiger partial charge in [0.2, 0.25) is 0 Å². The van der Waals surface area contributed by atoms with Gasteiger partial charge in [0, 0.05) is 24.2 Å². The molecule has 1 heterocycles. The molecule has 3 aliphatic rings. The van der Waals surface area contributed by atoms with Crippen molar-refractivity contribution in [2.45, 2.75) is 77.4 Å². The number of fused-ring (bicyclic) bond motifs is 1. The number of nitriles is 1. The Morgan fingerprint density at radius 3 is 2.67 bits per heavy atom. The molecule has 164 valence electrons. The molecule has 1 saturated heterocycles. The van der Waals surface area contributed by atoms with Crippen molar-refractivity contribution in [1.82, 2.24) is 0 Å². The summed E-state index contributed by atoms with van der Waals surface area (Å²) < 4.78 is 15.9. The number of nitrogens with zero attached hydrogens (tertiary/aromatic N) is 1. The van der Waals surface area contributed by atoms with Gasteiger partial charge in [-0.3, -0.25) is 19.2 Å². The first-order valence-corrected chi connectivity index (χ1v) is 10.8. The molecule has 2 aliphatic carbocycles. The number of rotatable bonds is 11. The molecule has 2 saturated carbocycles. The van der Waals surface area contributed by atoms with E-state index in [-0.39, 0.29) is 43.0 Å². The molecule has 0 N–H and O–H groups in total. The van der Waals surface area contributed by atoms with Gasteiger partial charge in [0.15, 0.2) is 5.41 Å². The van der Waals surface area contributed by atoms with E-state index in [1.165, 1.54) is 0 Å². The molecule has 0 aromatic rings. The zero-order chi connectivity index (χ0) is 21.9. The second kappa shape index (κ2) is 9.15. The lowest BCUT2D eigenvalue weighted by atomic mass is 9.75. The van der Waals surface area contributed by atoms with Crippen molar-refractivity contribution in [2.24, 2.45) is 23.2 Å². The summed E-state index contributed by atoms with van der Waals surface area (Å²) in [7, 11) is 0. The minimum Gasteiger partial charge on any atom is -0.466 e. The number of esters is 3. The van der Waals surface area contributed by atoms with E-state index in [1.54, 1.807) is 0 Å². The summed E-state index contributed by atoms with van der Waals surface area (Å²) in [5.74, 6) is -1.49. The van der Waals surface area contributed by atoms with Crippen LogP contribution < -0.4 is 0 Å². The smallest absolute Gasteiger partial charge is 0.327 e. The number of ether oxygens (including phenoxy) is 3. The molecule has 8 nitrogen and oxygen atoms in total. The molecule has 1 aliphatic heterocycles. The molecule has 3 fully saturated rings. The second-order valence-electron chi connectivity index (χ2n) is 8.67. The maximum absolute atomic E-state index is 12.2. The quantitative estimate of drug-likeness (QED) is 0.285. The molecule has 30 heavy (non-hydrogen) atoms. The van der Waals surface area contributed by atoms with Crippen LogP contribution in [0.5, 0.6) is 0 Å². The summed E-state index contributed by atoms with van der Waals surface area (Å²) in [6.45, 7) is 4.11. The first kappa shape index (κ1) is 22.3. The van der Waals surface area contributed by atoms with Crippen LogP contribution in [0, 0.1) is 34.5 Å². The Morgan fingerprint density at radius 2 is 1.97 bits per heavy atom. The van der Waals surface area contributed by atoms with Gasteiger partial charge < -0.3 is 14.2 Å². The van der Waals surface area contributed by atoms with Gasteiger partial charge in [-0.25, -0.2) is 0 Å². The number of carbonyl (C=O) groups excluding carboxylic acids is 4. The molecular weight excluding hydrogens is 390 g/mol. The predicted octanol–water partition coefficient (Wildman–Crippen LogP) is 2.48. The third kappa shape index (κ3) is 4.21. The zero-order valence-corrected chi connectivity index (χ0v) is 17.6. The average Bonchev–Trinajstić information content (AvgIpc) is 3.33. The number of carbonyl (C=O) groups is 4. The number of unbranched alkanes of at least 4 members (excludes halogenated alkanes) is 1. The highest BCUT2D eigenvalue weighted by atomic mass is 16.6. The van der Waals surface area contributed by atoms with Gasteiger partial charge >= 0.3 is 17.9 Å². The Hall–Kier alpha value is -2.43. The van der Waals surface area contributed by atoms with Crippen LogP contribution in [0.3, 0.4) is 0 Å². The van der Waals surface area contributed by atoms with Crippen molar-refractivity contribution >= 4 is 23.7 Å². The molecule has 8 heteroatoms. The molecular formula is C22H29NO7. The topological polar surface area (TPSA) is 120 Å². The van der Waals surface area contributed by atoms with E-state index in [4.69, 9.17) is 14.2 Å². The van der Waals surface area contributed by atoms with E-state index in [0.29, 0.717) is 32.1 Å². The van der Waals surface area contributed by atoms with Crippen LogP contribution in [-0.2, 0) is 33.4 Å². The highest BCUT2D eigenvalue weighted by Crippen LogP contribution is 2.62. The highest BCUT2D eigenvalue weighted by molar-refractivity contribution is 5.84. The number of hydrogen-bond acceptors (Lipinski definition) is 8. The zero-order valence-electron chi connectivity index (χ0n) is 17.6. The third-order valence-corrected chi connectivity index (χ3v) is 6.81. The van der Waals surface area contributed by atoms with Gasteiger partial charge in [-0.2, -0.15) is 5.26 Å².